The lowest BCUT2D eigenvalue weighted by molar-refractivity contribution is 0.358. The van der Waals surface area contributed by atoms with Crippen molar-refractivity contribution in [1.82, 2.24) is 5.32 Å². The molecule has 0 spiro atoms. The second-order valence-corrected chi connectivity index (χ2v) is 3.70. The van der Waals surface area contributed by atoms with Crippen LogP contribution in [0.4, 0.5) is 0 Å². The zero-order valence-corrected chi connectivity index (χ0v) is 8.11. The molecule has 0 aromatic carbocycles. The van der Waals surface area contributed by atoms with Gasteiger partial charge in [0, 0.05) is 5.54 Å². The Bertz CT molecular complexity index is 89.6. The molecule has 2 nitrogen and oxygen atoms in total. The molecule has 0 aromatic rings. The Hall–Kier alpha value is -0.0800. The van der Waals surface area contributed by atoms with E-state index in [1.165, 1.54) is 12.8 Å². The van der Waals surface area contributed by atoms with E-state index in [4.69, 9.17) is 5.73 Å². The summed E-state index contributed by atoms with van der Waals surface area (Å²) in [5.74, 6) is 0. The summed E-state index contributed by atoms with van der Waals surface area (Å²) in [6.07, 6.45) is 3.55. The zero-order valence-electron chi connectivity index (χ0n) is 8.11. The summed E-state index contributed by atoms with van der Waals surface area (Å²) in [5, 5.41) is 3.48. The van der Waals surface area contributed by atoms with Gasteiger partial charge in [0.2, 0.25) is 0 Å². The Labute approximate surface area is 70.5 Å². The van der Waals surface area contributed by atoms with Crippen LogP contribution in [0.3, 0.4) is 0 Å². The van der Waals surface area contributed by atoms with Crippen LogP contribution in [0.5, 0.6) is 0 Å². The highest BCUT2D eigenvalue weighted by molar-refractivity contribution is 4.76. The SMILES string of the molecule is CCCC(C)(C)NCCCN. The van der Waals surface area contributed by atoms with E-state index in [0.29, 0.717) is 5.54 Å². The summed E-state index contributed by atoms with van der Waals surface area (Å²) in [6, 6.07) is 0. The second kappa shape index (κ2) is 5.56. The van der Waals surface area contributed by atoms with Crippen LogP contribution in [0.15, 0.2) is 0 Å². The van der Waals surface area contributed by atoms with E-state index in [0.717, 1.165) is 19.5 Å². The first-order valence-corrected chi connectivity index (χ1v) is 4.57. The molecule has 0 unspecified atom stereocenters. The average Bonchev–Trinajstić information content (AvgIpc) is 1.87. The number of hydrogen-bond donors (Lipinski definition) is 2. The largest absolute Gasteiger partial charge is 0.330 e. The minimum absolute atomic E-state index is 0.296. The smallest absolute Gasteiger partial charge is 0.0125 e. The maximum absolute atomic E-state index is 5.39. The first-order valence-electron chi connectivity index (χ1n) is 4.57. The fraction of sp³-hybridized carbons (Fsp3) is 1.00. The van der Waals surface area contributed by atoms with Gasteiger partial charge in [0.05, 0.1) is 0 Å². The van der Waals surface area contributed by atoms with Crippen LogP contribution in [0, 0.1) is 0 Å². The van der Waals surface area contributed by atoms with Crippen LogP contribution in [0.1, 0.15) is 40.0 Å². The Morgan fingerprint density at radius 2 is 2.00 bits per heavy atom. The fourth-order valence-electron chi connectivity index (χ4n) is 1.24. The van der Waals surface area contributed by atoms with Crippen LogP contribution < -0.4 is 11.1 Å². The van der Waals surface area contributed by atoms with E-state index < -0.39 is 0 Å². The maximum Gasteiger partial charge on any atom is 0.0125 e. The van der Waals surface area contributed by atoms with Crippen molar-refractivity contribution in [3.05, 3.63) is 0 Å². The van der Waals surface area contributed by atoms with Gasteiger partial charge in [0.1, 0.15) is 0 Å². The molecule has 0 heterocycles. The minimum atomic E-state index is 0.296. The number of rotatable bonds is 6. The maximum atomic E-state index is 5.39. The van der Waals surface area contributed by atoms with Crippen molar-refractivity contribution < 1.29 is 0 Å². The van der Waals surface area contributed by atoms with E-state index in [2.05, 4.69) is 26.1 Å². The number of hydrogen-bond acceptors (Lipinski definition) is 2. The van der Waals surface area contributed by atoms with Crippen molar-refractivity contribution >= 4 is 0 Å². The highest BCUT2D eigenvalue weighted by Crippen LogP contribution is 2.09. The monoisotopic (exact) mass is 158 g/mol. The topological polar surface area (TPSA) is 38.0 Å². The van der Waals surface area contributed by atoms with E-state index in [9.17, 15) is 0 Å². The molecular formula is C9H22N2. The van der Waals surface area contributed by atoms with Gasteiger partial charge in [-0.2, -0.15) is 0 Å². The predicted octanol–water partition coefficient (Wildman–Crippen LogP) is 1.50. The molecule has 0 aliphatic heterocycles. The molecular weight excluding hydrogens is 136 g/mol. The van der Waals surface area contributed by atoms with Crippen LogP contribution in [-0.2, 0) is 0 Å². The summed E-state index contributed by atoms with van der Waals surface area (Å²) in [4.78, 5) is 0. The van der Waals surface area contributed by atoms with Gasteiger partial charge in [0.15, 0.2) is 0 Å². The van der Waals surface area contributed by atoms with Gasteiger partial charge in [-0.3, -0.25) is 0 Å². The Morgan fingerprint density at radius 1 is 1.36 bits per heavy atom. The van der Waals surface area contributed by atoms with E-state index in [1.54, 1.807) is 0 Å². The first-order chi connectivity index (χ1) is 5.12. The highest BCUT2D eigenvalue weighted by Gasteiger charge is 2.13. The lowest BCUT2D eigenvalue weighted by Crippen LogP contribution is -2.40. The van der Waals surface area contributed by atoms with E-state index >= 15 is 0 Å². The molecule has 0 amide bonds. The zero-order chi connectivity index (χ0) is 8.74. The summed E-state index contributed by atoms with van der Waals surface area (Å²) >= 11 is 0. The Morgan fingerprint density at radius 3 is 2.45 bits per heavy atom. The van der Waals surface area contributed by atoms with Gasteiger partial charge < -0.3 is 11.1 Å². The fourth-order valence-corrected chi connectivity index (χ4v) is 1.24. The average molecular weight is 158 g/mol. The normalized spacial score (nSPS) is 12.0. The van der Waals surface area contributed by atoms with Crippen molar-refractivity contribution in [2.45, 2.75) is 45.6 Å². The van der Waals surface area contributed by atoms with Gasteiger partial charge in [-0.25, -0.2) is 0 Å². The van der Waals surface area contributed by atoms with Crippen LogP contribution in [0.2, 0.25) is 0 Å². The molecule has 0 radical (unpaired) electrons. The molecule has 2 heteroatoms. The van der Waals surface area contributed by atoms with Gasteiger partial charge >= 0.3 is 0 Å². The van der Waals surface area contributed by atoms with Gasteiger partial charge in [-0.05, 0) is 39.8 Å². The standard InChI is InChI=1S/C9H22N2/c1-4-6-9(2,3)11-8-5-7-10/h11H,4-8,10H2,1-3H3. The van der Waals surface area contributed by atoms with Crippen molar-refractivity contribution in [3.63, 3.8) is 0 Å². The Kier molecular flexibility index (Phi) is 5.51. The molecule has 0 fully saturated rings. The summed E-state index contributed by atoms with van der Waals surface area (Å²) < 4.78 is 0. The number of nitrogens with one attached hydrogen (secondary N) is 1. The molecule has 68 valence electrons. The predicted molar refractivity (Wildman–Crippen MR) is 50.7 cm³/mol. The molecule has 3 N–H and O–H groups in total. The van der Waals surface area contributed by atoms with Gasteiger partial charge in [-0.1, -0.05) is 13.3 Å². The lowest BCUT2D eigenvalue weighted by Gasteiger charge is -2.25. The summed E-state index contributed by atoms with van der Waals surface area (Å²) in [6.45, 7) is 8.53. The van der Waals surface area contributed by atoms with Crippen LogP contribution >= 0.6 is 0 Å². The highest BCUT2D eigenvalue weighted by atomic mass is 14.9. The molecule has 0 bridgehead atoms. The van der Waals surface area contributed by atoms with Crippen molar-refractivity contribution in [1.29, 1.82) is 0 Å². The third-order valence-corrected chi connectivity index (χ3v) is 1.86. The van der Waals surface area contributed by atoms with Crippen molar-refractivity contribution in [2.75, 3.05) is 13.1 Å². The molecule has 0 aliphatic carbocycles. The molecule has 0 atom stereocenters. The first kappa shape index (κ1) is 10.9. The van der Waals surface area contributed by atoms with Crippen LogP contribution in [-0.4, -0.2) is 18.6 Å². The molecule has 0 aliphatic rings. The quantitative estimate of drug-likeness (QED) is 0.575. The second-order valence-electron chi connectivity index (χ2n) is 3.70. The van der Waals surface area contributed by atoms with Gasteiger partial charge in [-0.15, -0.1) is 0 Å². The van der Waals surface area contributed by atoms with Crippen LogP contribution in [0.25, 0.3) is 0 Å². The van der Waals surface area contributed by atoms with Gasteiger partial charge in [0.25, 0.3) is 0 Å². The molecule has 0 aromatic heterocycles. The van der Waals surface area contributed by atoms with E-state index in [1.807, 2.05) is 0 Å². The third kappa shape index (κ3) is 6.32. The lowest BCUT2D eigenvalue weighted by atomic mass is 9.99. The van der Waals surface area contributed by atoms with Crippen molar-refractivity contribution in [2.24, 2.45) is 5.73 Å². The summed E-state index contributed by atoms with van der Waals surface area (Å²) in [5.41, 5.74) is 5.69. The molecule has 0 saturated heterocycles. The summed E-state index contributed by atoms with van der Waals surface area (Å²) in [7, 11) is 0. The molecule has 0 saturated carbocycles. The molecule has 0 rings (SSSR count). The minimum Gasteiger partial charge on any atom is -0.330 e. The van der Waals surface area contributed by atoms with Crippen molar-refractivity contribution in [3.8, 4) is 0 Å². The van der Waals surface area contributed by atoms with E-state index in [-0.39, 0.29) is 0 Å². The Balaban J connectivity index is 3.38. The number of nitrogens with two attached hydrogens (primary N) is 1. The third-order valence-electron chi connectivity index (χ3n) is 1.86. The molecule has 11 heavy (non-hydrogen) atoms.